The number of hydrogen-bond donors (Lipinski definition) is 0. The molecule has 0 bridgehead atoms. The van der Waals surface area contributed by atoms with E-state index in [9.17, 15) is 0 Å². The fourth-order valence-corrected chi connectivity index (χ4v) is 3.99. The van der Waals surface area contributed by atoms with Crippen molar-refractivity contribution in [3.63, 3.8) is 0 Å². The van der Waals surface area contributed by atoms with E-state index in [1.807, 2.05) is 0 Å². The van der Waals surface area contributed by atoms with Gasteiger partial charge in [-0.3, -0.25) is 0 Å². The van der Waals surface area contributed by atoms with Crippen LogP contribution < -0.4 is 4.90 Å². The quantitative estimate of drug-likeness (QED) is 0.705. The van der Waals surface area contributed by atoms with E-state index in [1.54, 1.807) is 0 Å². The van der Waals surface area contributed by atoms with Gasteiger partial charge in [0.2, 0.25) is 0 Å². The smallest absolute Gasteiger partial charge is 0.0566 e. The van der Waals surface area contributed by atoms with Gasteiger partial charge in [0.1, 0.15) is 0 Å². The van der Waals surface area contributed by atoms with Crippen molar-refractivity contribution >= 4 is 11.3 Å². The molecule has 4 rings (SSSR count). The molecule has 1 atom stereocenters. The number of aryl methyl sites for hydroxylation is 2. The van der Waals surface area contributed by atoms with Crippen LogP contribution >= 0.6 is 0 Å². The minimum Gasteiger partial charge on any atom is -0.362 e. The molecule has 0 saturated carbocycles. The Morgan fingerprint density at radius 2 is 1.68 bits per heavy atom. The van der Waals surface area contributed by atoms with Gasteiger partial charge in [0.15, 0.2) is 0 Å². The summed E-state index contributed by atoms with van der Waals surface area (Å²) in [6, 6.07) is 15.9. The molecular formula is C21H23N. The SMILES string of the molecule is Cc1ccc(C2=CC3(C)CCCN3c3ccc(C)cc32)cc1. The van der Waals surface area contributed by atoms with Crippen molar-refractivity contribution in [1.29, 1.82) is 0 Å². The number of nitrogens with zero attached hydrogens (tertiary/aromatic N) is 1. The minimum absolute atomic E-state index is 0.169. The van der Waals surface area contributed by atoms with E-state index in [4.69, 9.17) is 0 Å². The van der Waals surface area contributed by atoms with E-state index in [0.717, 1.165) is 0 Å². The molecule has 0 radical (unpaired) electrons. The lowest BCUT2D eigenvalue weighted by atomic mass is 9.83. The molecule has 0 N–H and O–H groups in total. The summed E-state index contributed by atoms with van der Waals surface area (Å²) >= 11 is 0. The fourth-order valence-electron chi connectivity index (χ4n) is 3.99. The summed E-state index contributed by atoms with van der Waals surface area (Å²) in [7, 11) is 0. The molecule has 0 aliphatic carbocycles. The van der Waals surface area contributed by atoms with E-state index in [2.05, 4.69) is 74.2 Å². The maximum Gasteiger partial charge on any atom is 0.0566 e. The molecule has 2 aromatic carbocycles. The molecule has 0 aromatic heterocycles. The molecule has 2 aliphatic heterocycles. The Balaban J connectivity index is 1.94. The van der Waals surface area contributed by atoms with E-state index < -0.39 is 0 Å². The Labute approximate surface area is 133 Å². The van der Waals surface area contributed by atoms with Crippen LogP contribution in [0.25, 0.3) is 5.57 Å². The third-order valence-electron chi connectivity index (χ3n) is 5.23. The predicted molar refractivity (Wildman–Crippen MR) is 94.4 cm³/mol. The highest BCUT2D eigenvalue weighted by Crippen LogP contribution is 2.46. The first kappa shape index (κ1) is 13.6. The lowest BCUT2D eigenvalue weighted by Crippen LogP contribution is -2.42. The van der Waals surface area contributed by atoms with Crippen LogP contribution in [0, 0.1) is 13.8 Å². The summed E-state index contributed by atoms with van der Waals surface area (Å²) in [5, 5.41) is 0. The van der Waals surface area contributed by atoms with E-state index in [0.29, 0.717) is 0 Å². The second-order valence-electron chi connectivity index (χ2n) is 7.06. The average Bonchev–Trinajstić information content (AvgIpc) is 2.89. The van der Waals surface area contributed by atoms with Gasteiger partial charge in [-0.1, -0.05) is 47.5 Å². The lowest BCUT2D eigenvalue weighted by Gasteiger charge is -2.41. The standard InChI is InChI=1S/C21H23N/c1-15-5-8-17(9-6-15)19-14-21(3)11-4-12-22(21)20-10-7-16(2)13-18(19)20/h5-10,13-14H,4,11-12H2,1-3H3. The highest BCUT2D eigenvalue weighted by Gasteiger charge is 2.39. The first-order chi connectivity index (χ1) is 10.6. The number of hydrogen-bond acceptors (Lipinski definition) is 1. The van der Waals surface area contributed by atoms with Crippen LogP contribution in [0.3, 0.4) is 0 Å². The third-order valence-corrected chi connectivity index (χ3v) is 5.23. The summed E-state index contributed by atoms with van der Waals surface area (Å²) in [6.07, 6.45) is 5.03. The monoisotopic (exact) mass is 289 g/mol. The van der Waals surface area contributed by atoms with Crippen LogP contribution in [0.15, 0.2) is 48.5 Å². The molecule has 2 aromatic rings. The highest BCUT2D eigenvalue weighted by molar-refractivity contribution is 5.91. The molecule has 1 heteroatoms. The molecule has 1 nitrogen and oxygen atoms in total. The fraction of sp³-hybridized carbons (Fsp3) is 0.333. The summed E-state index contributed by atoms with van der Waals surface area (Å²) in [4.78, 5) is 2.60. The second-order valence-corrected chi connectivity index (χ2v) is 7.06. The van der Waals surface area contributed by atoms with Crippen molar-refractivity contribution in [2.24, 2.45) is 0 Å². The normalized spacial score (nSPS) is 23.0. The largest absolute Gasteiger partial charge is 0.362 e. The average molecular weight is 289 g/mol. The zero-order valence-corrected chi connectivity index (χ0v) is 13.7. The van der Waals surface area contributed by atoms with Gasteiger partial charge in [0.05, 0.1) is 5.54 Å². The second kappa shape index (κ2) is 4.74. The first-order valence-corrected chi connectivity index (χ1v) is 8.25. The molecule has 0 spiro atoms. The topological polar surface area (TPSA) is 3.24 Å². The molecule has 1 saturated heterocycles. The lowest BCUT2D eigenvalue weighted by molar-refractivity contribution is 0.578. The van der Waals surface area contributed by atoms with Crippen molar-refractivity contribution in [2.45, 2.75) is 39.2 Å². The molecule has 2 aliphatic rings. The van der Waals surface area contributed by atoms with Gasteiger partial charge >= 0.3 is 0 Å². The van der Waals surface area contributed by atoms with Crippen LogP contribution in [0.1, 0.15) is 42.0 Å². The zero-order valence-electron chi connectivity index (χ0n) is 13.7. The van der Waals surface area contributed by atoms with Crippen molar-refractivity contribution in [1.82, 2.24) is 0 Å². The number of benzene rings is 2. The van der Waals surface area contributed by atoms with E-state index in [-0.39, 0.29) is 5.54 Å². The Morgan fingerprint density at radius 3 is 2.45 bits per heavy atom. The van der Waals surface area contributed by atoms with Gasteiger partial charge < -0.3 is 4.90 Å². The van der Waals surface area contributed by atoms with Crippen LogP contribution in [-0.4, -0.2) is 12.1 Å². The summed E-state index contributed by atoms with van der Waals surface area (Å²) in [6.45, 7) is 7.89. The van der Waals surface area contributed by atoms with E-state index >= 15 is 0 Å². The van der Waals surface area contributed by atoms with Crippen molar-refractivity contribution in [3.05, 3.63) is 70.8 Å². The van der Waals surface area contributed by atoms with Crippen LogP contribution in [0.2, 0.25) is 0 Å². The molecule has 22 heavy (non-hydrogen) atoms. The Kier molecular flexibility index (Phi) is 2.94. The predicted octanol–water partition coefficient (Wildman–Crippen LogP) is 5.11. The van der Waals surface area contributed by atoms with Gasteiger partial charge in [0.25, 0.3) is 0 Å². The maximum absolute atomic E-state index is 2.60. The van der Waals surface area contributed by atoms with Gasteiger partial charge in [-0.05, 0) is 56.9 Å². The Morgan fingerprint density at radius 1 is 0.955 bits per heavy atom. The van der Waals surface area contributed by atoms with Gasteiger partial charge in [0, 0.05) is 17.8 Å². The molecule has 0 amide bonds. The van der Waals surface area contributed by atoms with Gasteiger partial charge in [-0.25, -0.2) is 0 Å². The van der Waals surface area contributed by atoms with Crippen molar-refractivity contribution in [3.8, 4) is 0 Å². The highest BCUT2D eigenvalue weighted by atomic mass is 15.2. The van der Waals surface area contributed by atoms with Crippen LogP contribution in [-0.2, 0) is 0 Å². The van der Waals surface area contributed by atoms with Gasteiger partial charge in [-0.2, -0.15) is 0 Å². The minimum atomic E-state index is 0.169. The van der Waals surface area contributed by atoms with Crippen LogP contribution in [0.5, 0.6) is 0 Å². The van der Waals surface area contributed by atoms with Crippen molar-refractivity contribution in [2.75, 3.05) is 11.4 Å². The molecule has 2 heterocycles. The summed E-state index contributed by atoms with van der Waals surface area (Å²) in [5.74, 6) is 0. The molecule has 1 fully saturated rings. The van der Waals surface area contributed by atoms with E-state index in [1.165, 1.54) is 52.9 Å². The Bertz CT molecular complexity index is 754. The van der Waals surface area contributed by atoms with Crippen LogP contribution in [0.4, 0.5) is 5.69 Å². The first-order valence-electron chi connectivity index (χ1n) is 8.25. The summed E-state index contributed by atoms with van der Waals surface area (Å²) in [5.41, 5.74) is 8.36. The number of anilines is 1. The zero-order chi connectivity index (χ0) is 15.3. The van der Waals surface area contributed by atoms with Crippen molar-refractivity contribution < 1.29 is 0 Å². The molecular weight excluding hydrogens is 266 g/mol. The van der Waals surface area contributed by atoms with Gasteiger partial charge in [-0.15, -0.1) is 0 Å². The third kappa shape index (κ3) is 1.99. The molecule has 112 valence electrons. The Hall–Kier alpha value is -2.02. The number of rotatable bonds is 1. The number of fused-ring (bicyclic) bond motifs is 3. The summed E-state index contributed by atoms with van der Waals surface area (Å²) < 4.78 is 0. The maximum atomic E-state index is 2.60. The molecule has 1 unspecified atom stereocenters.